The molecule has 41 heavy (non-hydrogen) atoms. The van der Waals surface area contributed by atoms with Crippen LogP contribution >= 0.6 is 11.6 Å². The number of nitrogens with zero attached hydrogens (tertiary/aromatic N) is 5. The van der Waals surface area contributed by atoms with E-state index in [2.05, 4.69) is 36.9 Å². The minimum absolute atomic E-state index is 0. The topological polar surface area (TPSA) is 112 Å². The van der Waals surface area contributed by atoms with Gasteiger partial charge in [-0.3, -0.25) is 14.3 Å². The van der Waals surface area contributed by atoms with Crippen LogP contribution in [0.15, 0.2) is 18.7 Å². The van der Waals surface area contributed by atoms with E-state index in [1.54, 1.807) is 6.92 Å². The molecule has 3 fully saturated rings. The number of nitrogens with one attached hydrogen (secondary N) is 1. The van der Waals surface area contributed by atoms with Gasteiger partial charge in [-0.15, -0.1) is 0 Å². The average molecular weight is 582 g/mol. The van der Waals surface area contributed by atoms with Crippen LogP contribution in [0.25, 0.3) is 11.1 Å². The van der Waals surface area contributed by atoms with Crippen LogP contribution < -0.4 is 10.6 Å². The fraction of sp³-hybridized carbons (Fsp3) is 0.548. The maximum Gasteiger partial charge on any atom is 0.245 e. The first-order valence-corrected chi connectivity index (χ1v) is 14.4. The lowest BCUT2D eigenvalue weighted by atomic mass is 9.60. The van der Waals surface area contributed by atoms with Crippen LogP contribution in [0, 0.1) is 24.7 Å². The molecule has 3 aliphatic rings. The van der Waals surface area contributed by atoms with Crippen LogP contribution in [-0.4, -0.2) is 75.9 Å². The van der Waals surface area contributed by atoms with Crippen LogP contribution in [0.1, 0.15) is 70.3 Å². The summed E-state index contributed by atoms with van der Waals surface area (Å²) in [4.78, 5) is 30.4. The Morgan fingerprint density at radius 3 is 2.41 bits per heavy atom. The average Bonchev–Trinajstić information content (AvgIpc) is 3.19. The highest BCUT2D eigenvalue weighted by atomic mass is 35.5. The normalized spacial score (nSPS) is 21.7. The molecular formula is C31H44ClN7O2. The van der Waals surface area contributed by atoms with E-state index in [0.29, 0.717) is 35.9 Å². The summed E-state index contributed by atoms with van der Waals surface area (Å²) in [5.74, 6) is 0.882. The maximum atomic E-state index is 12.3. The number of aryl methyl sites for hydroxylation is 1. The predicted octanol–water partition coefficient (Wildman–Crippen LogP) is 5.22. The van der Waals surface area contributed by atoms with Gasteiger partial charge in [-0.1, -0.05) is 32.5 Å². The zero-order chi connectivity index (χ0) is 29.1. The molecule has 1 atom stereocenters. The molecule has 0 bridgehead atoms. The third-order valence-electron chi connectivity index (χ3n) is 9.51. The Hall–Kier alpha value is -3.33. The second-order valence-electron chi connectivity index (χ2n) is 12.2. The zero-order valence-corrected chi connectivity index (χ0v) is 24.9. The minimum Gasteiger partial charge on any atom is -0.398 e. The number of anilines is 2. The number of rotatable bonds is 6. The van der Waals surface area contributed by atoms with Crippen LogP contribution in [0.2, 0.25) is 5.02 Å². The number of carbonyl (C=O) groups is 2. The van der Waals surface area contributed by atoms with Crippen LogP contribution in [0.3, 0.4) is 0 Å². The summed E-state index contributed by atoms with van der Waals surface area (Å²) < 4.78 is 2.13. The van der Waals surface area contributed by atoms with E-state index >= 15 is 0 Å². The van der Waals surface area contributed by atoms with E-state index in [4.69, 9.17) is 27.8 Å². The highest BCUT2D eigenvalue weighted by molar-refractivity contribution is 6.35. The first kappa shape index (κ1) is 30.6. The van der Waals surface area contributed by atoms with Crippen molar-refractivity contribution in [3.05, 3.63) is 40.6 Å². The molecule has 2 amide bonds. The predicted molar refractivity (Wildman–Crippen MR) is 167 cm³/mol. The van der Waals surface area contributed by atoms with Crippen LogP contribution in [-0.2, 0) is 9.59 Å². The van der Waals surface area contributed by atoms with E-state index < -0.39 is 0 Å². The molecule has 10 heteroatoms. The minimum atomic E-state index is -0.336. The molecule has 5 rings (SSSR count). The van der Waals surface area contributed by atoms with Crippen molar-refractivity contribution in [2.24, 2.45) is 5.41 Å². The number of hydrogen-bond acceptors (Lipinski definition) is 6. The van der Waals surface area contributed by atoms with Crippen molar-refractivity contribution in [1.82, 2.24) is 19.6 Å². The number of carbonyl (C=O) groups excluding carboxylic acids is 2. The van der Waals surface area contributed by atoms with Gasteiger partial charge in [-0.2, -0.15) is 5.10 Å². The largest absolute Gasteiger partial charge is 0.398 e. The van der Waals surface area contributed by atoms with Crippen molar-refractivity contribution < 1.29 is 9.59 Å². The van der Waals surface area contributed by atoms with Gasteiger partial charge in [0, 0.05) is 79.3 Å². The van der Waals surface area contributed by atoms with E-state index in [1.165, 1.54) is 12.3 Å². The molecule has 3 heterocycles. The van der Waals surface area contributed by atoms with Gasteiger partial charge in [-0.05, 0) is 57.7 Å². The Labute approximate surface area is 248 Å². The number of nitrogens with two attached hydrogens (primary N) is 1. The molecule has 2 saturated heterocycles. The van der Waals surface area contributed by atoms with E-state index in [9.17, 15) is 9.59 Å². The highest BCUT2D eigenvalue weighted by Gasteiger charge is 2.55. The standard InChI is InChI=1S/C30H40ClN7O2.CH4/c1-7-24(40)36-16-30(17-36)12-21(13-30)38-19(4)25(26-22(14-32)23(33)11-18(3)27(26)31)28(34-38)37-10-9-35(20(5)39)15-29(37,6)8-2;/h7,11,14,21,32H,1,8-10,12-13,15-17,33H2,2-6H3;1H4/t29-;/m0./s1. The molecule has 1 spiro atoms. The molecule has 0 radical (unpaired) electrons. The van der Waals surface area contributed by atoms with Crippen molar-refractivity contribution in [3.8, 4) is 11.1 Å². The number of amides is 2. The number of piperazine rings is 1. The van der Waals surface area contributed by atoms with Crippen molar-refractivity contribution in [1.29, 1.82) is 5.41 Å². The molecule has 1 aromatic heterocycles. The van der Waals surface area contributed by atoms with Crippen molar-refractivity contribution in [2.75, 3.05) is 43.4 Å². The summed E-state index contributed by atoms with van der Waals surface area (Å²) in [5, 5.41) is 14.1. The van der Waals surface area contributed by atoms with Gasteiger partial charge in [0.2, 0.25) is 11.8 Å². The van der Waals surface area contributed by atoms with Gasteiger partial charge in [0.05, 0.1) is 16.6 Å². The molecule has 1 saturated carbocycles. The van der Waals surface area contributed by atoms with Crippen molar-refractivity contribution >= 4 is 41.1 Å². The Kier molecular flexibility index (Phi) is 8.08. The van der Waals surface area contributed by atoms with Gasteiger partial charge in [0.25, 0.3) is 0 Å². The summed E-state index contributed by atoms with van der Waals surface area (Å²) in [6.45, 7) is 16.9. The van der Waals surface area contributed by atoms with Crippen LogP contribution in [0.4, 0.5) is 11.5 Å². The first-order valence-electron chi connectivity index (χ1n) is 14.0. The third kappa shape index (κ3) is 4.82. The van der Waals surface area contributed by atoms with E-state index in [-0.39, 0.29) is 36.2 Å². The number of aromatic nitrogens is 2. The number of benzene rings is 1. The summed E-state index contributed by atoms with van der Waals surface area (Å²) in [6.07, 6.45) is 5.37. The molecule has 2 aromatic rings. The second-order valence-corrected chi connectivity index (χ2v) is 12.5. The lowest BCUT2D eigenvalue weighted by Gasteiger charge is -2.58. The first-order chi connectivity index (χ1) is 18.9. The van der Waals surface area contributed by atoms with E-state index in [1.807, 2.05) is 22.8 Å². The Bertz CT molecular complexity index is 1400. The molecule has 2 aliphatic heterocycles. The fourth-order valence-corrected chi connectivity index (χ4v) is 7.24. The second kappa shape index (κ2) is 10.8. The number of halogens is 1. The Balaban J connectivity index is 0.00000387. The molecular weight excluding hydrogens is 538 g/mol. The summed E-state index contributed by atoms with van der Waals surface area (Å²) in [5.41, 5.74) is 10.8. The van der Waals surface area contributed by atoms with Gasteiger partial charge in [0.15, 0.2) is 5.82 Å². The summed E-state index contributed by atoms with van der Waals surface area (Å²) in [7, 11) is 0. The van der Waals surface area contributed by atoms with Crippen molar-refractivity contribution in [3.63, 3.8) is 0 Å². The third-order valence-corrected chi connectivity index (χ3v) is 9.99. The lowest BCUT2D eigenvalue weighted by Crippen LogP contribution is -2.63. The van der Waals surface area contributed by atoms with Gasteiger partial charge < -0.3 is 25.8 Å². The summed E-state index contributed by atoms with van der Waals surface area (Å²) in [6, 6.07) is 2.01. The number of hydrogen-bond donors (Lipinski definition) is 2. The monoisotopic (exact) mass is 581 g/mol. The fourth-order valence-electron chi connectivity index (χ4n) is 6.99. The van der Waals surface area contributed by atoms with Gasteiger partial charge >= 0.3 is 0 Å². The number of nitrogen functional groups attached to an aromatic ring is 1. The molecule has 1 aliphatic carbocycles. The maximum absolute atomic E-state index is 12.3. The van der Waals surface area contributed by atoms with Crippen molar-refractivity contribution in [2.45, 2.75) is 72.9 Å². The van der Waals surface area contributed by atoms with Gasteiger partial charge in [0.1, 0.15) is 0 Å². The van der Waals surface area contributed by atoms with E-state index in [0.717, 1.165) is 60.6 Å². The number of likely N-dealkylation sites (tertiary alicyclic amines) is 1. The lowest BCUT2D eigenvalue weighted by molar-refractivity contribution is -0.149. The SMILES string of the molecule is C.C=CC(=O)N1CC2(CC(n3nc(N4CCN(C(C)=O)C[C@]4(C)CC)c(-c4c(Cl)c(C)cc(N)c4C=N)c3C)C2)C1. The van der Waals surface area contributed by atoms with Crippen LogP contribution in [0.5, 0.6) is 0 Å². The Morgan fingerprint density at radius 1 is 1.20 bits per heavy atom. The molecule has 3 N–H and O–H groups in total. The molecule has 222 valence electrons. The van der Waals surface area contributed by atoms with Gasteiger partial charge in [-0.25, -0.2) is 0 Å². The smallest absolute Gasteiger partial charge is 0.245 e. The highest BCUT2D eigenvalue weighted by Crippen LogP contribution is 2.55. The quantitative estimate of drug-likeness (QED) is 0.276. The molecule has 0 unspecified atom stereocenters. The zero-order valence-electron chi connectivity index (χ0n) is 24.2. The molecule has 1 aromatic carbocycles. The molecule has 9 nitrogen and oxygen atoms in total. The summed E-state index contributed by atoms with van der Waals surface area (Å²) >= 11 is 7.00. The Morgan fingerprint density at radius 2 is 1.85 bits per heavy atom.